The summed E-state index contributed by atoms with van der Waals surface area (Å²) in [4.78, 5) is 15.4. The lowest BCUT2D eigenvalue weighted by molar-refractivity contribution is -0.385. The summed E-state index contributed by atoms with van der Waals surface area (Å²) in [7, 11) is 0. The molecule has 2 N–H and O–H groups in total. The van der Waals surface area contributed by atoms with Crippen molar-refractivity contribution in [2.24, 2.45) is 10.9 Å². The van der Waals surface area contributed by atoms with Gasteiger partial charge in [-0.05, 0) is 66.4 Å². The molecule has 112 valence electrons. The van der Waals surface area contributed by atoms with Crippen LogP contribution in [-0.2, 0) is 0 Å². The Morgan fingerprint density at radius 1 is 1.33 bits per heavy atom. The van der Waals surface area contributed by atoms with E-state index in [1.54, 1.807) is 12.3 Å². The quantitative estimate of drug-likeness (QED) is 0.385. The molecule has 0 heterocycles. The highest BCUT2D eigenvalue weighted by Gasteiger charge is 2.39. The Kier molecular flexibility index (Phi) is 3.73. The van der Waals surface area contributed by atoms with Gasteiger partial charge < -0.3 is 5.73 Å². The zero-order valence-electron chi connectivity index (χ0n) is 11.7. The van der Waals surface area contributed by atoms with Gasteiger partial charge in [0.15, 0.2) is 0 Å². The van der Waals surface area contributed by atoms with Crippen LogP contribution in [0.4, 0.5) is 11.4 Å². The summed E-state index contributed by atoms with van der Waals surface area (Å²) in [6, 6.07) is 2.99. The third-order valence-corrected chi connectivity index (χ3v) is 5.74. The molecule has 1 aromatic rings. The van der Waals surface area contributed by atoms with Crippen molar-refractivity contribution < 1.29 is 4.92 Å². The summed E-state index contributed by atoms with van der Waals surface area (Å²) < 4.78 is 0.414. The lowest BCUT2D eigenvalue weighted by Crippen LogP contribution is -2.38. The minimum Gasteiger partial charge on any atom is -0.398 e. The van der Waals surface area contributed by atoms with Gasteiger partial charge in [-0.25, -0.2) is 0 Å². The van der Waals surface area contributed by atoms with E-state index in [1.165, 1.54) is 25.3 Å². The molecular weight excluding hydrogens is 334 g/mol. The van der Waals surface area contributed by atoms with Crippen LogP contribution in [0.5, 0.6) is 0 Å². The van der Waals surface area contributed by atoms with Gasteiger partial charge in [-0.3, -0.25) is 15.1 Å². The van der Waals surface area contributed by atoms with E-state index in [9.17, 15) is 10.1 Å². The Hall–Kier alpha value is -1.43. The smallest absolute Gasteiger partial charge is 0.284 e. The maximum atomic E-state index is 11.0. The molecule has 3 aliphatic rings. The molecule has 2 bridgehead atoms. The number of hydrogen-bond acceptors (Lipinski definition) is 4. The number of nitrogens with two attached hydrogens (primary N) is 1. The van der Waals surface area contributed by atoms with Crippen LogP contribution in [0.1, 0.15) is 44.1 Å². The molecule has 3 fully saturated rings. The standard InChI is InChI=1S/C15H18BrN3O2/c16-14-11(12(17)1-2-13(14)19(20)21)9-18-15-6-3-10(4-7-15)5-8-15/h1-2,9-10H,3-8,17H2. The van der Waals surface area contributed by atoms with E-state index < -0.39 is 4.92 Å². The van der Waals surface area contributed by atoms with Crippen molar-refractivity contribution in [1.29, 1.82) is 0 Å². The van der Waals surface area contributed by atoms with Crippen LogP contribution < -0.4 is 5.73 Å². The van der Waals surface area contributed by atoms with Gasteiger partial charge in [0.1, 0.15) is 4.47 Å². The number of fused-ring (bicyclic) bond motifs is 3. The molecule has 4 rings (SSSR count). The molecule has 0 spiro atoms. The molecule has 0 unspecified atom stereocenters. The molecule has 3 saturated carbocycles. The molecule has 6 heteroatoms. The topological polar surface area (TPSA) is 81.5 Å². The van der Waals surface area contributed by atoms with E-state index >= 15 is 0 Å². The Morgan fingerprint density at radius 2 is 1.95 bits per heavy atom. The van der Waals surface area contributed by atoms with Gasteiger partial charge in [-0.2, -0.15) is 0 Å². The van der Waals surface area contributed by atoms with Crippen LogP contribution in [0.15, 0.2) is 21.6 Å². The molecule has 0 radical (unpaired) electrons. The molecular formula is C15H18BrN3O2. The number of nitrogens with zero attached hydrogens (tertiary/aromatic N) is 2. The van der Waals surface area contributed by atoms with Gasteiger partial charge in [0, 0.05) is 23.5 Å². The second kappa shape index (κ2) is 5.40. The Labute approximate surface area is 131 Å². The normalized spacial score (nSPS) is 28.1. The van der Waals surface area contributed by atoms with Crippen molar-refractivity contribution in [2.75, 3.05) is 5.73 Å². The second-order valence-electron chi connectivity index (χ2n) is 6.12. The number of rotatable bonds is 3. The first-order chi connectivity index (χ1) is 10.0. The van der Waals surface area contributed by atoms with E-state index in [0.717, 1.165) is 25.2 Å². The number of hydrogen-bond donors (Lipinski definition) is 1. The van der Waals surface area contributed by atoms with Gasteiger partial charge in [0.25, 0.3) is 5.69 Å². The summed E-state index contributed by atoms with van der Waals surface area (Å²) in [5.74, 6) is 0.886. The minimum atomic E-state index is -0.412. The summed E-state index contributed by atoms with van der Waals surface area (Å²) in [6.45, 7) is 0. The van der Waals surface area contributed by atoms with Crippen LogP contribution in [0.3, 0.4) is 0 Å². The van der Waals surface area contributed by atoms with Crippen molar-refractivity contribution in [2.45, 2.75) is 44.1 Å². The molecule has 1 aromatic carbocycles. The van der Waals surface area contributed by atoms with Crippen LogP contribution in [0, 0.1) is 16.0 Å². The number of halogens is 1. The van der Waals surface area contributed by atoms with Gasteiger partial charge in [0.05, 0.1) is 10.5 Å². The average Bonchev–Trinajstić information content (AvgIpc) is 2.48. The maximum Gasteiger partial charge on any atom is 0.284 e. The van der Waals surface area contributed by atoms with E-state index in [1.807, 2.05) is 0 Å². The average molecular weight is 352 g/mol. The lowest BCUT2D eigenvalue weighted by atomic mass is 9.66. The molecule has 0 aliphatic heterocycles. The molecule has 0 atom stereocenters. The fourth-order valence-electron chi connectivity index (χ4n) is 3.49. The minimum absolute atomic E-state index is 0.0236. The zero-order valence-corrected chi connectivity index (χ0v) is 13.3. The highest BCUT2D eigenvalue weighted by molar-refractivity contribution is 9.10. The van der Waals surface area contributed by atoms with Crippen molar-refractivity contribution in [1.82, 2.24) is 0 Å². The predicted molar refractivity (Wildman–Crippen MR) is 86.7 cm³/mol. The van der Waals surface area contributed by atoms with Crippen LogP contribution in [0.25, 0.3) is 0 Å². The molecule has 21 heavy (non-hydrogen) atoms. The predicted octanol–water partition coefficient (Wildman–Crippen LogP) is 4.08. The molecule has 5 nitrogen and oxygen atoms in total. The summed E-state index contributed by atoms with van der Waals surface area (Å²) >= 11 is 3.29. The first-order valence-corrected chi connectivity index (χ1v) is 8.08. The highest BCUT2D eigenvalue weighted by atomic mass is 79.9. The van der Waals surface area contributed by atoms with Gasteiger partial charge in [-0.1, -0.05) is 0 Å². The fourth-order valence-corrected chi connectivity index (χ4v) is 4.10. The van der Waals surface area contributed by atoms with Crippen LogP contribution in [-0.4, -0.2) is 16.7 Å². The molecule has 0 saturated heterocycles. The zero-order chi connectivity index (χ0) is 15.0. The van der Waals surface area contributed by atoms with E-state index in [0.29, 0.717) is 15.7 Å². The van der Waals surface area contributed by atoms with Gasteiger partial charge in [0.2, 0.25) is 0 Å². The maximum absolute atomic E-state index is 11.0. The van der Waals surface area contributed by atoms with Crippen molar-refractivity contribution in [3.8, 4) is 0 Å². The highest BCUT2D eigenvalue weighted by Crippen LogP contribution is 2.46. The summed E-state index contributed by atoms with van der Waals surface area (Å²) in [5.41, 5.74) is 7.14. The Bertz CT molecular complexity index is 593. The number of nitro benzene ring substituents is 1. The Balaban J connectivity index is 1.92. The van der Waals surface area contributed by atoms with Crippen LogP contribution >= 0.6 is 15.9 Å². The van der Waals surface area contributed by atoms with E-state index in [2.05, 4.69) is 15.9 Å². The number of benzene rings is 1. The van der Waals surface area contributed by atoms with E-state index in [-0.39, 0.29) is 11.2 Å². The molecule has 3 aliphatic carbocycles. The number of nitro groups is 1. The van der Waals surface area contributed by atoms with Crippen molar-refractivity contribution >= 4 is 33.5 Å². The lowest BCUT2D eigenvalue weighted by Gasteiger charge is -2.43. The summed E-state index contributed by atoms with van der Waals surface area (Å²) in [5, 5.41) is 11.0. The van der Waals surface area contributed by atoms with E-state index in [4.69, 9.17) is 10.7 Å². The van der Waals surface area contributed by atoms with Crippen LogP contribution in [0.2, 0.25) is 0 Å². The molecule has 0 amide bonds. The fraction of sp³-hybridized carbons (Fsp3) is 0.533. The van der Waals surface area contributed by atoms with Gasteiger partial charge in [-0.15, -0.1) is 0 Å². The SMILES string of the molecule is Nc1ccc([N+](=O)[O-])c(Br)c1C=NC12CCC(CC1)CC2. The summed E-state index contributed by atoms with van der Waals surface area (Å²) in [6.07, 6.45) is 8.87. The number of aliphatic imine (C=N–C) groups is 1. The number of nitrogen functional groups attached to an aromatic ring is 1. The third-order valence-electron chi connectivity index (χ3n) is 4.91. The largest absolute Gasteiger partial charge is 0.398 e. The molecule has 0 aromatic heterocycles. The first kappa shape index (κ1) is 14.5. The van der Waals surface area contributed by atoms with Crippen molar-refractivity contribution in [3.63, 3.8) is 0 Å². The Morgan fingerprint density at radius 3 is 2.52 bits per heavy atom. The van der Waals surface area contributed by atoms with Gasteiger partial charge >= 0.3 is 0 Å². The number of anilines is 1. The third kappa shape index (κ3) is 2.69. The second-order valence-corrected chi connectivity index (χ2v) is 6.92. The first-order valence-electron chi connectivity index (χ1n) is 7.28. The van der Waals surface area contributed by atoms with Crippen molar-refractivity contribution in [3.05, 3.63) is 32.3 Å². The monoisotopic (exact) mass is 351 g/mol.